The van der Waals surface area contributed by atoms with E-state index in [-0.39, 0.29) is 11.6 Å². The minimum Gasteiger partial charge on any atom is -0.444 e. The molecule has 3 heteroatoms. The molecule has 4 atom stereocenters. The molecule has 1 N–H and O–H groups in total. The molecule has 0 bridgehead atoms. The lowest BCUT2D eigenvalue weighted by Gasteiger charge is -2.29. The fourth-order valence-corrected chi connectivity index (χ4v) is 3.74. The molecule has 0 spiro atoms. The second-order valence-corrected chi connectivity index (χ2v) is 7.45. The largest absolute Gasteiger partial charge is 0.444 e. The number of hydrogen-bond donors (Lipinski definition) is 1. The van der Waals surface area contributed by atoms with E-state index in [1.165, 1.54) is 0 Å². The number of carbonyl (C=O) groups is 1. The van der Waals surface area contributed by atoms with Gasteiger partial charge in [0.05, 0.1) is 0 Å². The van der Waals surface area contributed by atoms with Crippen LogP contribution in [0.3, 0.4) is 0 Å². The number of amides is 1. The van der Waals surface area contributed by atoms with Gasteiger partial charge in [-0.2, -0.15) is 0 Å². The van der Waals surface area contributed by atoms with E-state index in [2.05, 4.69) is 18.2 Å². The zero-order valence-corrected chi connectivity index (χ0v) is 12.5. The molecule has 2 aliphatic carbocycles. The van der Waals surface area contributed by atoms with Gasteiger partial charge in [0.2, 0.25) is 0 Å². The topological polar surface area (TPSA) is 38.3 Å². The molecule has 3 nitrogen and oxygen atoms in total. The average Bonchev–Trinajstić information content (AvgIpc) is 2.67. The molecule has 0 heterocycles. The molecule has 0 aromatic rings. The van der Waals surface area contributed by atoms with E-state index >= 15 is 0 Å². The van der Waals surface area contributed by atoms with Crippen molar-refractivity contribution in [3.8, 4) is 12.3 Å². The molecule has 19 heavy (non-hydrogen) atoms. The fraction of sp³-hybridized carbons (Fsp3) is 0.812. The van der Waals surface area contributed by atoms with E-state index in [1.54, 1.807) is 0 Å². The van der Waals surface area contributed by atoms with Crippen molar-refractivity contribution in [1.82, 2.24) is 5.32 Å². The lowest BCUT2D eigenvalue weighted by atomic mass is 9.94. The highest BCUT2D eigenvalue weighted by Gasteiger charge is 2.47. The number of terminal acetylenes is 1. The SMILES string of the molecule is C#CC1C[C@@H]2C[C@@](C)(NC(=O)OC(C)(C)C)C[C@@H]2C1. The van der Waals surface area contributed by atoms with E-state index in [1.807, 2.05) is 20.8 Å². The van der Waals surface area contributed by atoms with Gasteiger partial charge >= 0.3 is 6.09 Å². The molecule has 1 amide bonds. The van der Waals surface area contributed by atoms with Crippen LogP contribution in [-0.2, 0) is 4.74 Å². The van der Waals surface area contributed by atoms with Crippen LogP contribution in [0.5, 0.6) is 0 Å². The quantitative estimate of drug-likeness (QED) is 0.737. The summed E-state index contributed by atoms with van der Waals surface area (Å²) in [5.41, 5.74) is -0.569. The first kappa shape index (κ1) is 14.2. The molecule has 0 saturated heterocycles. The summed E-state index contributed by atoms with van der Waals surface area (Å²) in [4.78, 5) is 11.9. The van der Waals surface area contributed by atoms with Crippen molar-refractivity contribution < 1.29 is 9.53 Å². The Morgan fingerprint density at radius 2 is 1.84 bits per heavy atom. The molecule has 2 aliphatic rings. The normalized spacial score (nSPS) is 37.5. The number of carbonyl (C=O) groups excluding carboxylic acids is 1. The Morgan fingerprint density at radius 3 is 2.26 bits per heavy atom. The van der Waals surface area contributed by atoms with Crippen molar-refractivity contribution in [3.63, 3.8) is 0 Å². The summed E-state index contributed by atoms with van der Waals surface area (Å²) in [6.07, 6.45) is 9.49. The van der Waals surface area contributed by atoms with Crippen molar-refractivity contribution in [2.24, 2.45) is 17.8 Å². The standard InChI is InChI=1S/C16H25NO2/c1-6-11-7-12-9-16(5,10-13(12)8-11)17-14(18)19-15(2,3)4/h1,11-13H,7-10H2,2-5H3,(H,17,18)/t11?,12-,13+,16-. The van der Waals surface area contributed by atoms with Crippen molar-refractivity contribution in [1.29, 1.82) is 0 Å². The van der Waals surface area contributed by atoms with Crippen LogP contribution >= 0.6 is 0 Å². The zero-order chi connectivity index (χ0) is 14.3. The van der Waals surface area contributed by atoms with Gasteiger partial charge in [-0.25, -0.2) is 4.79 Å². The summed E-state index contributed by atoms with van der Waals surface area (Å²) in [6.45, 7) is 7.78. The van der Waals surface area contributed by atoms with Gasteiger partial charge in [-0.1, -0.05) is 0 Å². The first-order chi connectivity index (χ1) is 8.71. The van der Waals surface area contributed by atoms with E-state index in [9.17, 15) is 4.79 Å². The van der Waals surface area contributed by atoms with Crippen LogP contribution in [0.1, 0.15) is 53.4 Å². The number of hydrogen-bond acceptors (Lipinski definition) is 2. The molecule has 0 radical (unpaired) electrons. The predicted molar refractivity (Wildman–Crippen MR) is 75.5 cm³/mol. The lowest BCUT2D eigenvalue weighted by Crippen LogP contribution is -2.46. The molecular weight excluding hydrogens is 238 g/mol. The molecule has 1 unspecified atom stereocenters. The first-order valence-electron chi connectivity index (χ1n) is 7.18. The van der Waals surface area contributed by atoms with Gasteiger partial charge in [0.1, 0.15) is 5.60 Å². The number of rotatable bonds is 1. The van der Waals surface area contributed by atoms with E-state index < -0.39 is 5.60 Å². The average molecular weight is 263 g/mol. The third-order valence-corrected chi connectivity index (χ3v) is 4.31. The highest BCUT2D eigenvalue weighted by atomic mass is 16.6. The van der Waals surface area contributed by atoms with E-state index in [0.717, 1.165) is 25.7 Å². The van der Waals surface area contributed by atoms with Crippen LogP contribution in [-0.4, -0.2) is 17.2 Å². The Bertz CT molecular complexity index is 388. The molecule has 0 aliphatic heterocycles. The third-order valence-electron chi connectivity index (χ3n) is 4.31. The van der Waals surface area contributed by atoms with Crippen molar-refractivity contribution in [2.45, 2.75) is 64.5 Å². The number of nitrogens with one attached hydrogen (secondary N) is 1. The maximum absolute atomic E-state index is 11.9. The third kappa shape index (κ3) is 3.43. The summed E-state index contributed by atoms with van der Waals surface area (Å²) in [5, 5.41) is 3.06. The molecular formula is C16H25NO2. The smallest absolute Gasteiger partial charge is 0.408 e. The van der Waals surface area contributed by atoms with Crippen LogP contribution in [0.25, 0.3) is 0 Å². The summed E-state index contributed by atoms with van der Waals surface area (Å²) in [7, 11) is 0. The first-order valence-corrected chi connectivity index (χ1v) is 7.18. The molecule has 0 aromatic carbocycles. The Morgan fingerprint density at radius 1 is 1.32 bits per heavy atom. The van der Waals surface area contributed by atoms with Gasteiger partial charge in [0.25, 0.3) is 0 Å². The number of ether oxygens (including phenoxy) is 1. The van der Waals surface area contributed by atoms with Gasteiger partial charge in [0, 0.05) is 11.5 Å². The lowest BCUT2D eigenvalue weighted by molar-refractivity contribution is 0.0461. The van der Waals surface area contributed by atoms with Gasteiger partial charge in [-0.15, -0.1) is 12.3 Å². The maximum atomic E-state index is 11.9. The summed E-state index contributed by atoms with van der Waals surface area (Å²) in [5.74, 6) is 4.66. The maximum Gasteiger partial charge on any atom is 0.408 e. The fourth-order valence-electron chi connectivity index (χ4n) is 3.74. The number of fused-ring (bicyclic) bond motifs is 1. The highest BCUT2D eigenvalue weighted by molar-refractivity contribution is 5.68. The van der Waals surface area contributed by atoms with Crippen molar-refractivity contribution >= 4 is 6.09 Å². The number of alkyl carbamates (subject to hydrolysis) is 1. The highest BCUT2D eigenvalue weighted by Crippen LogP contribution is 2.50. The van der Waals surface area contributed by atoms with Gasteiger partial charge in [-0.05, 0) is 65.2 Å². The van der Waals surface area contributed by atoms with Crippen LogP contribution in [0, 0.1) is 30.1 Å². The Balaban J connectivity index is 1.90. The van der Waals surface area contributed by atoms with Gasteiger partial charge < -0.3 is 10.1 Å². The van der Waals surface area contributed by atoms with Gasteiger partial charge in [0.15, 0.2) is 0 Å². The minimum atomic E-state index is -0.441. The summed E-state index contributed by atoms with van der Waals surface area (Å²) >= 11 is 0. The second-order valence-electron chi connectivity index (χ2n) is 7.45. The molecule has 106 valence electrons. The van der Waals surface area contributed by atoms with E-state index in [0.29, 0.717) is 17.8 Å². The van der Waals surface area contributed by atoms with Crippen LogP contribution in [0.2, 0.25) is 0 Å². The Kier molecular flexibility index (Phi) is 3.55. The van der Waals surface area contributed by atoms with E-state index in [4.69, 9.17) is 11.2 Å². The molecule has 2 saturated carbocycles. The molecule has 2 fully saturated rings. The molecule has 0 aromatic heterocycles. The molecule has 2 rings (SSSR count). The predicted octanol–water partition coefficient (Wildman–Crippen LogP) is 3.34. The monoisotopic (exact) mass is 263 g/mol. The Labute approximate surface area is 116 Å². The van der Waals surface area contributed by atoms with Gasteiger partial charge in [-0.3, -0.25) is 0 Å². The zero-order valence-electron chi connectivity index (χ0n) is 12.5. The van der Waals surface area contributed by atoms with Crippen LogP contribution < -0.4 is 5.32 Å². The second kappa shape index (κ2) is 4.74. The van der Waals surface area contributed by atoms with Crippen LogP contribution in [0.15, 0.2) is 0 Å². The van der Waals surface area contributed by atoms with Crippen molar-refractivity contribution in [3.05, 3.63) is 0 Å². The Hall–Kier alpha value is -1.17. The van der Waals surface area contributed by atoms with Crippen molar-refractivity contribution in [2.75, 3.05) is 0 Å². The minimum absolute atomic E-state index is 0.128. The van der Waals surface area contributed by atoms with Crippen LogP contribution in [0.4, 0.5) is 4.79 Å². The summed E-state index contributed by atoms with van der Waals surface area (Å²) < 4.78 is 5.35. The summed E-state index contributed by atoms with van der Waals surface area (Å²) in [6, 6.07) is 0.